The molecule has 0 aliphatic heterocycles. The molecule has 16 heavy (non-hydrogen) atoms. The molecule has 92 valence electrons. The van der Waals surface area contributed by atoms with Crippen molar-refractivity contribution in [2.75, 3.05) is 26.2 Å². The summed E-state index contributed by atoms with van der Waals surface area (Å²) in [7, 11) is 0. The largest absolute Gasteiger partial charge is 0.329 e. The van der Waals surface area contributed by atoms with Gasteiger partial charge in [-0.15, -0.1) is 0 Å². The quantitative estimate of drug-likeness (QED) is 0.349. The molecule has 0 spiro atoms. The summed E-state index contributed by atoms with van der Waals surface area (Å²) < 4.78 is 0. The molecular weight excluding hydrogens is 208 g/mol. The lowest BCUT2D eigenvalue weighted by Crippen LogP contribution is -2.11. The first-order chi connectivity index (χ1) is 7.83. The van der Waals surface area contributed by atoms with E-state index in [2.05, 4.69) is 9.98 Å². The number of unbranched alkanes of at least 4 members (excludes halogenated alkanes) is 3. The number of hydrogen-bond donors (Lipinski definition) is 2. The van der Waals surface area contributed by atoms with Gasteiger partial charge in [-0.1, -0.05) is 12.8 Å². The van der Waals surface area contributed by atoms with Crippen molar-refractivity contribution >= 4 is 12.2 Å². The first-order valence-corrected chi connectivity index (χ1v) is 5.30. The van der Waals surface area contributed by atoms with Crippen LogP contribution >= 0.6 is 0 Å². The highest BCUT2D eigenvalue weighted by atomic mass is 16.1. The number of aliphatic imine (C=N–C) groups is 2. The molecule has 0 rings (SSSR count). The molecule has 0 radical (unpaired) electrons. The lowest BCUT2D eigenvalue weighted by atomic mass is 10.2. The molecule has 0 saturated carbocycles. The first kappa shape index (κ1) is 17.1. The normalized spacial score (nSPS) is 8.12. The summed E-state index contributed by atoms with van der Waals surface area (Å²) in [6.07, 6.45) is 6.80. The maximum absolute atomic E-state index is 9.63. The molecule has 0 aliphatic rings. The van der Waals surface area contributed by atoms with Crippen molar-refractivity contribution < 1.29 is 9.59 Å². The highest BCUT2D eigenvalue weighted by molar-refractivity contribution is 5.32. The number of carbonyl (C=O) groups excluding carboxylic acids is 2. The van der Waals surface area contributed by atoms with Crippen molar-refractivity contribution in [1.82, 2.24) is 0 Å². The van der Waals surface area contributed by atoms with E-state index in [1.165, 1.54) is 12.2 Å². The van der Waals surface area contributed by atoms with Crippen LogP contribution in [0.15, 0.2) is 9.98 Å². The minimum absolute atomic E-state index is 0.556. The fourth-order valence-corrected chi connectivity index (χ4v) is 0.827. The van der Waals surface area contributed by atoms with E-state index in [0.29, 0.717) is 26.2 Å². The van der Waals surface area contributed by atoms with E-state index in [9.17, 15) is 9.59 Å². The molecule has 0 aromatic carbocycles. The summed E-state index contributed by atoms with van der Waals surface area (Å²) in [5.41, 5.74) is 9.81. The van der Waals surface area contributed by atoms with Gasteiger partial charge in [0.1, 0.15) is 0 Å². The lowest BCUT2D eigenvalue weighted by Gasteiger charge is -1.93. The van der Waals surface area contributed by atoms with Gasteiger partial charge in [0, 0.05) is 13.1 Å². The van der Waals surface area contributed by atoms with Gasteiger partial charge in [0.2, 0.25) is 12.2 Å². The van der Waals surface area contributed by atoms with E-state index in [-0.39, 0.29) is 0 Å². The smallest absolute Gasteiger partial charge is 0.234 e. The second-order valence-corrected chi connectivity index (χ2v) is 2.94. The molecule has 4 N–H and O–H groups in total. The Morgan fingerprint density at radius 3 is 1.38 bits per heavy atom. The molecule has 0 unspecified atom stereocenters. The van der Waals surface area contributed by atoms with Crippen molar-refractivity contribution in [3.05, 3.63) is 0 Å². The third kappa shape index (κ3) is 23.0. The van der Waals surface area contributed by atoms with Crippen LogP contribution in [0.1, 0.15) is 25.7 Å². The molecule has 0 heterocycles. The molecule has 6 nitrogen and oxygen atoms in total. The monoisotopic (exact) mass is 228 g/mol. The maximum Gasteiger partial charge on any atom is 0.234 e. The molecule has 6 heteroatoms. The number of nitrogens with two attached hydrogens (primary N) is 2. The zero-order chi connectivity index (χ0) is 12.5. The minimum Gasteiger partial charge on any atom is -0.329 e. The highest BCUT2D eigenvalue weighted by Crippen LogP contribution is 1.99. The van der Waals surface area contributed by atoms with Gasteiger partial charge in [-0.05, 0) is 12.8 Å². The zero-order valence-electron chi connectivity index (χ0n) is 9.52. The first-order valence-electron chi connectivity index (χ1n) is 5.30. The average molecular weight is 228 g/mol. The van der Waals surface area contributed by atoms with Crippen LogP contribution in [0.5, 0.6) is 0 Å². The Kier molecular flexibility index (Phi) is 20.6. The fourth-order valence-electron chi connectivity index (χ4n) is 0.827. The zero-order valence-corrected chi connectivity index (χ0v) is 9.52. The third-order valence-corrected chi connectivity index (χ3v) is 1.59. The summed E-state index contributed by atoms with van der Waals surface area (Å²) in [5, 5.41) is 0. The van der Waals surface area contributed by atoms with Gasteiger partial charge in [-0.3, -0.25) is 0 Å². The SMILES string of the molecule is NCCN.O=C=NCCCCCCN=C=O. The van der Waals surface area contributed by atoms with Gasteiger partial charge in [0.05, 0.1) is 13.1 Å². The third-order valence-electron chi connectivity index (χ3n) is 1.59. The van der Waals surface area contributed by atoms with Crippen LogP contribution in [0.4, 0.5) is 0 Å². The minimum atomic E-state index is 0.556. The van der Waals surface area contributed by atoms with Crippen LogP contribution in [-0.2, 0) is 9.59 Å². The van der Waals surface area contributed by atoms with Crippen LogP contribution in [0, 0.1) is 0 Å². The van der Waals surface area contributed by atoms with Gasteiger partial charge in [-0.2, -0.15) is 0 Å². The molecule has 0 bridgehead atoms. The number of hydrogen-bond acceptors (Lipinski definition) is 6. The van der Waals surface area contributed by atoms with Crippen molar-refractivity contribution in [1.29, 1.82) is 0 Å². The summed E-state index contributed by atoms with van der Waals surface area (Å²) in [4.78, 5) is 26.1. The lowest BCUT2D eigenvalue weighted by molar-refractivity contribution is 0.558. The predicted octanol–water partition coefficient (Wildman–Crippen LogP) is 0.122. The molecule has 0 fully saturated rings. The second kappa shape index (κ2) is 19.3. The summed E-state index contributed by atoms with van der Waals surface area (Å²) in [6, 6.07) is 0. The second-order valence-electron chi connectivity index (χ2n) is 2.94. The van der Waals surface area contributed by atoms with Gasteiger partial charge >= 0.3 is 0 Å². The van der Waals surface area contributed by atoms with Crippen molar-refractivity contribution in [2.24, 2.45) is 21.5 Å². The number of rotatable bonds is 8. The molecule has 0 aromatic heterocycles. The van der Waals surface area contributed by atoms with Crippen LogP contribution < -0.4 is 11.5 Å². The van der Waals surface area contributed by atoms with E-state index in [1.807, 2.05) is 0 Å². The molecule has 0 aliphatic carbocycles. The molecule has 0 atom stereocenters. The standard InChI is InChI=1S/C8H12N2O2.C2H8N2/c11-7-9-5-3-1-2-4-6-10-8-12;3-1-2-4/h1-6H2;1-4H2. The fraction of sp³-hybridized carbons (Fsp3) is 0.800. The molecule has 0 aromatic rings. The van der Waals surface area contributed by atoms with Crippen molar-refractivity contribution in [2.45, 2.75) is 25.7 Å². The van der Waals surface area contributed by atoms with Gasteiger partial charge in [0.15, 0.2) is 0 Å². The Balaban J connectivity index is 0. The summed E-state index contributed by atoms with van der Waals surface area (Å²) >= 11 is 0. The van der Waals surface area contributed by atoms with E-state index >= 15 is 0 Å². The summed E-state index contributed by atoms with van der Waals surface area (Å²) in [5.74, 6) is 0. The predicted molar refractivity (Wildman–Crippen MR) is 62.6 cm³/mol. The van der Waals surface area contributed by atoms with E-state index in [1.54, 1.807) is 0 Å². The number of nitrogens with zero attached hydrogens (tertiary/aromatic N) is 2. The van der Waals surface area contributed by atoms with Crippen LogP contribution in [0.25, 0.3) is 0 Å². The van der Waals surface area contributed by atoms with Gasteiger partial charge in [-0.25, -0.2) is 19.6 Å². The van der Waals surface area contributed by atoms with E-state index in [0.717, 1.165) is 25.7 Å². The Morgan fingerprint density at radius 2 is 1.12 bits per heavy atom. The Morgan fingerprint density at radius 1 is 0.750 bits per heavy atom. The Labute approximate surface area is 95.8 Å². The average Bonchev–Trinajstić information content (AvgIpc) is 2.33. The Bertz CT molecular complexity index is 197. The van der Waals surface area contributed by atoms with Gasteiger partial charge < -0.3 is 11.5 Å². The van der Waals surface area contributed by atoms with Crippen LogP contribution in [0.3, 0.4) is 0 Å². The van der Waals surface area contributed by atoms with Gasteiger partial charge in [0.25, 0.3) is 0 Å². The Hall–Kier alpha value is -1.32. The molecular formula is C10H20N4O2. The molecule has 0 saturated heterocycles. The highest BCUT2D eigenvalue weighted by Gasteiger charge is 1.87. The molecule has 0 amide bonds. The van der Waals surface area contributed by atoms with Crippen LogP contribution in [0.2, 0.25) is 0 Å². The van der Waals surface area contributed by atoms with E-state index < -0.39 is 0 Å². The van der Waals surface area contributed by atoms with Crippen molar-refractivity contribution in [3.63, 3.8) is 0 Å². The number of isocyanates is 2. The van der Waals surface area contributed by atoms with E-state index in [4.69, 9.17) is 11.5 Å². The van der Waals surface area contributed by atoms with Crippen molar-refractivity contribution in [3.8, 4) is 0 Å². The summed E-state index contributed by atoms with van der Waals surface area (Å²) in [6.45, 7) is 2.31. The topological polar surface area (TPSA) is 111 Å². The maximum atomic E-state index is 9.63. The van der Waals surface area contributed by atoms with Crippen LogP contribution in [-0.4, -0.2) is 38.3 Å².